The van der Waals surface area contributed by atoms with Gasteiger partial charge in [0.2, 0.25) is 0 Å². The molecule has 4 rings (SSSR count). The second-order valence-corrected chi connectivity index (χ2v) is 8.25. The van der Waals surface area contributed by atoms with Gasteiger partial charge in [0, 0.05) is 36.7 Å². The van der Waals surface area contributed by atoms with Gasteiger partial charge in [-0.25, -0.2) is 4.79 Å². The van der Waals surface area contributed by atoms with E-state index in [0.717, 1.165) is 49.3 Å². The molecule has 0 unspecified atom stereocenters. The first-order valence-corrected chi connectivity index (χ1v) is 11.3. The zero-order valence-corrected chi connectivity index (χ0v) is 18.9. The number of rotatable bonds is 6. The monoisotopic (exact) mass is 482 g/mol. The molecule has 9 heteroatoms. The van der Waals surface area contributed by atoms with Crippen LogP contribution in [0.15, 0.2) is 72.8 Å². The Kier molecular flexibility index (Phi) is 7.24. The number of carbonyl (C=O) groups is 2. The van der Waals surface area contributed by atoms with Crippen molar-refractivity contribution >= 4 is 29.0 Å². The molecule has 3 N–H and O–H groups in total. The minimum Gasteiger partial charge on any atom is -0.371 e. The number of urea groups is 1. The summed E-state index contributed by atoms with van der Waals surface area (Å²) < 4.78 is 38.8. The van der Waals surface area contributed by atoms with E-state index in [2.05, 4.69) is 20.9 Å². The molecule has 0 atom stereocenters. The van der Waals surface area contributed by atoms with Crippen LogP contribution in [0.2, 0.25) is 0 Å². The number of halogens is 3. The lowest BCUT2D eigenvalue weighted by atomic mass is 10.1. The summed E-state index contributed by atoms with van der Waals surface area (Å²) in [5, 5.41) is 7.93. The first-order valence-electron chi connectivity index (χ1n) is 11.3. The van der Waals surface area contributed by atoms with Crippen molar-refractivity contribution in [1.29, 1.82) is 0 Å². The van der Waals surface area contributed by atoms with Crippen molar-refractivity contribution in [3.63, 3.8) is 0 Å². The number of benzene rings is 3. The Balaban J connectivity index is 1.50. The fourth-order valence-electron chi connectivity index (χ4n) is 3.97. The van der Waals surface area contributed by atoms with Crippen LogP contribution in [-0.4, -0.2) is 25.0 Å². The Labute approximate surface area is 201 Å². The molecule has 0 bridgehead atoms. The van der Waals surface area contributed by atoms with E-state index in [-0.39, 0.29) is 11.6 Å². The summed E-state index contributed by atoms with van der Waals surface area (Å²) in [4.78, 5) is 27.7. The maximum Gasteiger partial charge on any atom is 0.416 e. The van der Waals surface area contributed by atoms with E-state index in [9.17, 15) is 22.8 Å². The minimum absolute atomic E-state index is 0.00633. The molecular formula is C26H25F3N4O2. The van der Waals surface area contributed by atoms with E-state index >= 15 is 0 Å². The molecule has 182 valence electrons. The first-order chi connectivity index (χ1) is 16.8. The molecule has 0 saturated carbocycles. The van der Waals surface area contributed by atoms with Gasteiger partial charge in [0.15, 0.2) is 0 Å². The number of amides is 3. The van der Waals surface area contributed by atoms with E-state index in [1.807, 2.05) is 30.3 Å². The van der Waals surface area contributed by atoms with Gasteiger partial charge >= 0.3 is 12.2 Å². The van der Waals surface area contributed by atoms with Crippen molar-refractivity contribution in [3.8, 4) is 0 Å². The van der Waals surface area contributed by atoms with Crippen LogP contribution in [0.3, 0.4) is 0 Å². The largest absolute Gasteiger partial charge is 0.416 e. The number of nitrogens with one attached hydrogen (secondary N) is 3. The Morgan fingerprint density at radius 2 is 1.51 bits per heavy atom. The van der Waals surface area contributed by atoms with Crippen LogP contribution in [-0.2, 0) is 12.7 Å². The molecule has 1 aliphatic heterocycles. The molecule has 0 radical (unpaired) electrons. The number of anilines is 3. The van der Waals surface area contributed by atoms with Crippen molar-refractivity contribution < 1.29 is 22.8 Å². The van der Waals surface area contributed by atoms with Crippen molar-refractivity contribution in [2.75, 3.05) is 28.6 Å². The highest BCUT2D eigenvalue weighted by molar-refractivity contribution is 6.04. The number of carbonyl (C=O) groups excluding carboxylic acids is 2. The number of hydrogen-bond acceptors (Lipinski definition) is 3. The van der Waals surface area contributed by atoms with Gasteiger partial charge in [0.25, 0.3) is 5.91 Å². The zero-order chi connectivity index (χ0) is 24.8. The molecule has 1 saturated heterocycles. The van der Waals surface area contributed by atoms with Crippen LogP contribution < -0.4 is 20.9 Å². The highest BCUT2D eigenvalue weighted by Gasteiger charge is 2.30. The summed E-state index contributed by atoms with van der Waals surface area (Å²) in [6.45, 7) is 2.02. The molecule has 3 aromatic rings. The van der Waals surface area contributed by atoms with Crippen LogP contribution in [0.4, 0.5) is 35.0 Å². The third kappa shape index (κ3) is 6.32. The van der Waals surface area contributed by atoms with Crippen molar-refractivity contribution in [1.82, 2.24) is 5.32 Å². The lowest BCUT2D eigenvalue weighted by Crippen LogP contribution is -2.27. The maximum atomic E-state index is 13.1. The zero-order valence-electron chi connectivity index (χ0n) is 18.9. The van der Waals surface area contributed by atoms with Crippen molar-refractivity contribution in [2.45, 2.75) is 25.6 Å². The van der Waals surface area contributed by atoms with Gasteiger partial charge in [-0.2, -0.15) is 13.2 Å². The molecule has 1 aliphatic rings. The van der Waals surface area contributed by atoms with Gasteiger partial charge in [-0.3, -0.25) is 4.79 Å². The first kappa shape index (κ1) is 24.1. The SMILES string of the molecule is O=C(Nc1cccc(C(F)(F)F)c1)Nc1ccc(N2CCCC2)c(C(=O)NCc2ccccc2)c1. The Morgan fingerprint density at radius 3 is 2.20 bits per heavy atom. The normalized spacial score (nSPS) is 13.4. The Morgan fingerprint density at radius 1 is 0.829 bits per heavy atom. The standard InChI is InChI=1S/C26H25F3N4O2/c27-26(28,29)19-9-6-10-20(15-19)31-25(35)32-21-11-12-23(33-13-4-5-14-33)22(16-21)24(34)30-17-18-7-2-1-3-8-18/h1-3,6-12,15-16H,4-5,13-14,17H2,(H,30,34)(H2,31,32,35). The third-order valence-electron chi connectivity index (χ3n) is 5.69. The van der Waals surface area contributed by atoms with Crippen LogP contribution in [0.1, 0.15) is 34.3 Å². The molecule has 1 fully saturated rings. The quantitative estimate of drug-likeness (QED) is 0.411. The molecule has 1 heterocycles. The number of hydrogen-bond donors (Lipinski definition) is 3. The van der Waals surface area contributed by atoms with Gasteiger partial charge in [0.05, 0.1) is 11.1 Å². The second-order valence-electron chi connectivity index (χ2n) is 8.25. The summed E-state index contributed by atoms with van der Waals surface area (Å²) >= 11 is 0. The van der Waals surface area contributed by atoms with Gasteiger partial charge < -0.3 is 20.9 Å². The van der Waals surface area contributed by atoms with Crippen LogP contribution in [0.5, 0.6) is 0 Å². The van der Waals surface area contributed by atoms with Crippen LogP contribution >= 0.6 is 0 Å². The number of alkyl halides is 3. The van der Waals surface area contributed by atoms with Gasteiger partial charge in [-0.15, -0.1) is 0 Å². The fraction of sp³-hybridized carbons (Fsp3) is 0.231. The molecule has 6 nitrogen and oxygen atoms in total. The fourth-order valence-corrected chi connectivity index (χ4v) is 3.97. The highest BCUT2D eigenvalue weighted by Crippen LogP contribution is 2.31. The average Bonchev–Trinajstić information content (AvgIpc) is 3.37. The summed E-state index contributed by atoms with van der Waals surface area (Å²) in [5.74, 6) is -0.280. The van der Waals surface area contributed by atoms with Gasteiger partial charge in [0.1, 0.15) is 0 Å². The molecule has 3 amide bonds. The van der Waals surface area contributed by atoms with Gasteiger partial charge in [-0.05, 0) is 54.8 Å². The van der Waals surface area contributed by atoms with Crippen molar-refractivity contribution in [2.24, 2.45) is 0 Å². The Hall–Kier alpha value is -4.01. The lowest BCUT2D eigenvalue weighted by Gasteiger charge is -2.22. The molecule has 3 aromatic carbocycles. The van der Waals surface area contributed by atoms with E-state index in [1.54, 1.807) is 18.2 Å². The highest BCUT2D eigenvalue weighted by atomic mass is 19.4. The predicted molar refractivity (Wildman–Crippen MR) is 130 cm³/mol. The van der Waals surface area contributed by atoms with Gasteiger partial charge in [-0.1, -0.05) is 36.4 Å². The summed E-state index contributed by atoms with van der Waals surface area (Å²) in [6, 6.07) is 18.2. The molecule has 35 heavy (non-hydrogen) atoms. The van der Waals surface area contributed by atoms with E-state index in [1.165, 1.54) is 12.1 Å². The lowest BCUT2D eigenvalue weighted by molar-refractivity contribution is -0.137. The minimum atomic E-state index is -4.51. The number of nitrogens with zero attached hydrogens (tertiary/aromatic N) is 1. The Bertz CT molecular complexity index is 1190. The second kappa shape index (κ2) is 10.5. The topological polar surface area (TPSA) is 73.5 Å². The van der Waals surface area contributed by atoms with Crippen molar-refractivity contribution in [3.05, 3.63) is 89.5 Å². The summed E-state index contributed by atoms with van der Waals surface area (Å²) in [7, 11) is 0. The van der Waals surface area contributed by atoms with Crippen LogP contribution in [0, 0.1) is 0 Å². The molecule has 0 spiro atoms. The molecular weight excluding hydrogens is 457 g/mol. The van der Waals surface area contributed by atoms with E-state index in [0.29, 0.717) is 17.8 Å². The summed E-state index contributed by atoms with van der Waals surface area (Å²) in [5.41, 5.74) is 1.65. The van der Waals surface area contributed by atoms with E-state index in [4.69, 9.17) is 0 Å². The smallest absolute Gasteiger partial charge is 0.371 e. The van der Waals surface area contributed by atoms with Crippen LogP contribution in [0.25, 0.3) is 0 Å². The van der Waals surface area contributed by atoms with E-state index < -0.39 is 17.8 Å². The summed E-state index contributed by atoms with van der Waals surface area (Å²) in [6.07, 6.45) is -2.45. The predicted octanol–water partition coefficient (Wildman–Crippen LogP) is 5.88. The average molecular weight is 483 g/mol. The molecule has 0 aromatic heterocycles. The molecule has 0 aliphatic carbocycles. The maximum absolute atomic E-state index is 13.1. The third-order valence-corrected chi connectivity index (χ3v) is 5.69.